The fourth-order valence-corrected chi connectivity index (χ4v) is 8.72. The molecule has 0 amide bonds. The normalized spacial score (nSPS) is 13.3. The van der Waals surface area contributed by atoms with E-state index in [0.717, 1.165) is 66.7 Å². The summed E-state index contributed by atoms with van der Waals surface area (Å²) in [6.45, 7) is 4.68. The van der Waals surface area contributed by atoms with Gasteiger partial charge in [-0.3, -0.25) is 0 Å². The molecule has 246 valence electrons. The van der Waals surface area contributed by atoms with E-state index in [2.05, 4.69) is 170 Å². The number of hydrogen-bond donors (Lipinski definition) is 0. The topological polar surface area (TPSA) is 29.5 Å². The van der Waals surface area contributed by atoms with Crippen LogP contribution >= 0.6 is 0 Å². The Balaban J connectivity index is 1.08. The Bertz CT molecular complexity index is 3050. The van der Waals surface area contributed by atoms with Crippen LogP contribution in [0.3, 0.4) is 0 Å². The standard InChI is InChI=1S/C49H33NO2/c1-49(2)42-16-7-5-12-37(42)38-25-23-34(29-43(38)49)50(33-24-27-45-41(28-33)39-13-6-8-17-44(39)51-45)32-21-18-31(19-22-32)36-14-9-15-40-47-35-11-4-3-10-30(35)20-26-46(47)52-48(36)40/h3-29H,1-2H3. The number of rotatable bonds is 4. The van der Waals surface area contributed by atoms with Crippen LogP contribution in [0.15, 0.2) is 173 Å². The second kappa shape index (κ2) is 10.7. The molecule has 0 saturated carbocycles. The lowest BCUT2D eigenvalue weighted by atomic mass is 9.82. The van der Waals surface area contributed by atoms with Crippen LogP contribution in [0.1, 0.15) is 25.0 Å². The first-order valence-corrected chi connectivity index (χ1v) is 17.9. The highest BCUT2D eigenvalue weighted by Gasteiger charge is 2.35. The quantitative estimate of drug-likeness (QED) is 0.187. The van der Waals surface area contributed by atoms with Crippen LogP contribution in [0.4, 0.5) is 17.1 Å². The summed E-state index contributed by atoms with van der Waals surface area (Å²) in [7, 11) is 0. The summed E-state index contributed by atoms with van der Waals surface area (Å²) in [4.78, 5) is 2.37. The lowest BCUT2D eigenvalue weighted by molar-refractivity contribution is 0.660. The number of anilines is 3. The van der Waals surface area contributed by atoms with Gasteiger partial charge in [-0.15, -0.1) is 0 Å². The molecule has 1 aliphatic carbocycles. The first-order valence-electron chi connectivity index (χ1n) is 17.9. The van der Waals surface area contributed by atoms with Crippen LogP contribution in [0.5, 0.6) is 0 Å². The molecule has 2 aromatic heterocycles. The molecule has 0 fully saturated rings. The molecule has 10 aromatic rings. The van der Waals surface area contributed by atoms with Crippen LogP contribution in [0.25, 0.3) is 76.9 Å². The van der Waals surface area contributed by atoms with Crippen molar-refractivity contribution in [2.24, 2.45) is 0 Å². The van der Waals surface area contributed by atoms with Crippen molar-refractivity contribution < 1.29 is 8.83 Å². The lowest BCUT2D eigenvalue weighted by Crippen LogP contribution is -2.16. The van der Waals surface area contributed by atoms with Gasteiger partial charge in [0.2, 0.25) is 0 Å². The number of nitrogens with zero attached hydrogens (tertiary/aromatic N) is 1. The van der Waals surface area contributed by atoms with Crippen molar-refractivity contribution >= 4 is 71.7 Å². The number of fused-ring (bicyclic) bond motifs is 11. The Kier molecular flexibility index (Phi) is 6.01. The molecule has 1 aliphatic rings. The molecule has 0 saturated heterocycles. The van der Waals surface area contributed by atoms with Gasteiger partial charge in [0.1, 0.15) is 22.3 Å². The minimum Gasteiger partial charge on any atom is -0.456 e. The van der Waals surface area contributed by atoms with Crippen molar-refractivity contribution in [2.45, 2.75) is 19.3 Å². The zero-order valence-electron chi connectivity index (χ0n) is 28.9. The molecule has 3 nitrogen and oxygen atoms in total. The van der Waals surface area contributed by atoms with Gasteiger partial charge in [-0.05, 0) is 93.2 Å². The summed E-state index contributed by atoms with van der Waals surface area (Å²) < 4.78 is 12.8. The largest absolute Gasteiger partial charge is 0.456 e. The Morgan fingerprint density at radius 2 is 1.08 bits per heavy atom. The van der Waals surface area contributed by atoms with Crippen LogP contribution in [0.2, 0.25) is 0 Å². The predicted octanol–water partition coefficient (Wildman–Crippen LogP) is 14.1. The molecular formula is C49H33NO2. The van der Waals surface area contributed by atoms with Gasteiger partial charge in [0, 0.05) is 49.6 Å². The van der Waals surface area contributed by atoms with E-state index in [0.29, 0.717) is 0 Å². The molecule has 0 unspecified atom stereocenters. The van der Waals surface area contributed by atoms with Crippen molar-refractivity contribution in [1.29, 1.82) is 0 Å². The number of para-hydroxylation sites is 2. The average Bonchev–Trinajstić information content (AvgIpc) is 3.83. The van der Waals surface area contributed by atoms with Gasteiger partial charge >= 0.3 is 0 Å². The highest BCUT2D eigenvalue weighted by atomic mass is 16.3. The van der Waals surface area contributed by atoms with Crippen molar-refractivity contribution in [3.05, 3.63) is 175 Å². The van der Waals surface area contributed by atoms with Gasteiger partial charge in [0.05, 0.1) is 0 Å². The second-order valence-electron chi connectivity index (χ2n) is 14.5. The molecule has 0 spiro atoms. The zero-order chi connectivity index (χ0) is 34.6. The summed E-state index contributed by atoms with van der Waals surface area (Å²) in [5.41, 5.74) is 14.3. The van der Waals surface area contributed by atoms with Crippen molar-refractivity contribution in [3.63, 3.8) is 0 Å². The molecular weight excluding hydrogens is 635 g/mol. The first-order chi connectivity index (χ1) is 25.5. The van der Waals surface area contributed by atoms with E-state index in [-0.39, 0.29) is 5.41 Å². The maximum absolute atomic E-state index is 6.60. The van der Waals surface area contributed by atoms with Crippen LogP contribution in [-0.4, -0.2) is 0 Å². The van der Waals surface area contributed by atoms with Crippen LogP contribution in [0, 0.1) is 0 Å². The Morgan fingerprint density at radius 3 is 1.98 bits per heavy atom. The molecule has 3 heteroatoms. The lowest BCUT2D eigenvalue weighted by Gasteiger charge is -2.28. The third-order valence-corrected chi connectivity index (χ3v) is 11.3. The number of benzene rings is 8. The fourth-order valence-electron chi connectivity index (χ4n) is 8.72. The number of hydrogen-bond acceptors (Lipinski definition) is 3. The van der Waals surface area contributed by atoms with Gasteiger partial charge in [-0.25, -0.2) is 0 Å². The molecule has 2 heterocycles. The highest BCUT2D eigenvalue weighted by molar-refractivity contribution is 6.20. The molecule has 52 heavy (non-hydrogen) atoms. The monoisotopic (exact) mass is 667 g/mol. The van der Waals surface area contributed by atoms with Gasteiger partial charge in [0.15, 0.2) is 0 Å². The summed E-state index contributed by atoms with van der Waals surface area (Å²) in [5.74, 6) is 0. The van der Waals surface area contributed by atoms with E-state index in [9.17, 15) is 0 Å². The second-order valence-corrected chi connectivity index (χ2v) is 14.5. The van der Waals surface area contributed by atoms with Crippen molar-refractivity contribution in [3.8, 4) is 22.3 Å². The minimum atomic E-state index is -0.112. The average molecular weight is 668 g/mol. The molecule has 0 aliphatic heterocycles. The molecule has 8 aromatic carbocycles. The SMILES string of the molecule is CC1(C)c2ccccc2-c2ccc(N(c3ccc(-c4cccc5c4oc4ccc6ccccc6c45)cc3)c3ccc4oc5ccccc5c4c3)cc21. The number of furan rings is 2. The van der Waals surface area contributed by atoms with E-state index in [1.807, 2.05) is 12.1 Å². The first kappa shape index (κ1) is 29.2. The third-order valence-electron chi connectivity index (χ3n) is 11.3. The van der Waals surface area contributed by atoms with Gasteiger partial charge in [0.25, 0.3) is 0 Å². The molecule has 0 radical (unpaired) electrons. The van der Waals surface area contributed by atoms with Gasteiger partial charge in [-0.1, -0.05) is 123 Å². The highest BCUT2D eigenvalue weighted by Crippen LogP contribution is 2.51. The smallest absolute Gasteiger partial charge is 0.143 e. The summed E-state index contributed by atoms with van der Waals surface area (Å²) in [6, 6.07) is 58.8. The molecule has 0 N–H and O–H groups in total. The molecule has 0 atom stereocenters. The summed E-state index contributed by atoms with van der Waals surface area (Å²) in [5, 5.41) is 6.96. The maximum Gasteiger partial charge on any atom is 0.143 e. The van der Waals surface area contributed by atoms with E-state index in [1.165, 1.54) is 38.4 Å². The van der Waals surface area contributed by atoms with Gasteiger partial charge in [-0.2, -0.15) is 0 Å². The van der Waals surface area contributed by atoms with E-state index < -0.39 is 0 Å². The van der Waals surface area contributed by atoms with E-state index in [4.69, 9.17) is 8.83 Å². The Morgan fingerprint density at radius 1 is 0.423 bits per heavy atom. The Hall–Kier alpha value is -6.58. The van der Waals surface area contributed by atoms with Crippen molar-refractivity contribution in [2.75, 3.05) is 4.90 Å². The van der Waals surface area contributed by atoms with Crippen molar-refractivity contribution in [1.82, 2.24) is 0 Å². The minimum absolute atomic E-state index is 0.112. The zero-order valence-corrected chi connectivity index (χ0v) is 28.9. The fraction of sp³-hybridized carbons (Fsp3) is 0.0612. The molecule has 0 bridgehead atoms. The van der Waals surface area contributed by atoms with Crippen LogP contribution in [-0.2, 0) is 5.41 Å². The summed E-state index contributed by atoms with van der Waals surface area (Å²) in [6.07, 6.45) is 0. The van der Waals surface area contributed by atoms with Gasteiger partial charge < -0.3 is 13.7 Å². The third kappa shape index (κ3) is 4.14. The Labute approximate surface area is 301 Å². The summed E-state index contributed by atoms with van der Waals surface area (Å²) >= 11 is 0. The van der Waals surface area contributed by atoms with E-state index in [1.54, 1.807) is 0 Å². The van der Waals surface area contributed by atoms with E-state index >= 15 is 0 Å². The predicted molar refractivity (Wildman–Crippen MR) is 216 cm³/mol. The maximum atomic E-state index is 6.60. The molecule has 11 rings (SSSR count). The van der Waals surface area contributed by atoms with Crippen LogP contribution < -0.4 is 4.90 Å².